The van der Waals surface area contributed by atoms with Crippen LogP contribution >= 0.6 is 11.3 Å². The molecule has 0 fully saturated rings. The lowest BCUT2D eigenvalue weighted by Gasteiger charge is -2.05. The van der Waals surface area contributed by atoms with Gasteiger partial charge >= 0.3 is 5.97 Å². The Morgan fingerprint density at radius 1 is 1.30 bits per heavy atom. The number of ether oxygens (including phenoxy) is 1. The molecule has 0 saturated carbocycles. The fourth-order valence-corrected chi connectivity index (χ4v) is 2.88. The summed E-state index contributed by atoms with van der Waals surface area (Å²) >= 11 is 1.10. The Bertz CT molecular complexity index is 485. The van der Waals surface area contributed by atoms with Gasteiger partial charge in [-0.25, -0.2) is 4.79 Å². The molecule has 7 heteroatoms. The van der Waals surface area contributed by atoms with Gasteiger partial charge in [-0.15, -0.1) is 11.3 Å². The fourth-order valence-electron chi connectivity index (χ4n) is 1.81. The molecule has 1 aromatic rings. The maximum absolute atomic E-state index is 11.6. The van der Waals surface area contributed by atoms with E-state index in [0.29, 0.717) is 11.5 Å². The molecule has 5 N–H and O–H groups in total. The Labute approximate surface area is 122 Å². The van der Waals surface area contributed by atoms with Crippen molar-refractivity contribution in [2.75, 3.05) is 24.7 Å². The molecule has 0 spiro atoms. The second-order valence-corrected chi connectivity index (χ2v) is 5.41. The Kier molecular flexibility index (Phi) is 6.30. The molecule has 1 aromatic heterocycles. The molecule has 1 amide bonds. The Morgan fingerprint density at radius 2 is 2.00 bits per heavy atom. The van der Waals surface area contributed by atoms with Gasteiger partial charge in [-0.3, -0.25) is 4.79 Å². The highest BCUT2D eigenvalue weighted by Crippen LogP contribution is 2.35. The zero-order valence-corrected chi connectivity index (χ0v) is 12.6. The number of anilines is 2. The molecule has 0 bridgehead atoms. The summed E-state index contributed by atoms with van der Waals surface area (Å²) < 4.78 is 4.63. The first-order chi connectivity index (χ1) is 9.52. The predicted octanol–water partition coefficient (Wildman–Crippen LogP) is 2.21. The number of hydrogen-bond acceptors (Lipinski definition) is 6. The topological polar surface area (TPSA) is 107 Å². The van der Waals surface area contributed by atoms with Crippen molar-refractivity contribution in [3.05, 3.63) is 10.4 Å². The van der Waals surface area contributed by atoms with Crippen LogP contribution in [-0.4, -0.2) is 25.5 Å². The first-order valence-electron chi connectivity index (χ1n) is 6.57. The van der Waals surface area contributed by atoms with Crippen molar-refractivity contribution < 1.29 is 14.3 Å². The molecular formula is C13H21N3O3S. The van der Waals surface area contributed by atoms with E-state index in [1.807, 2.05) is 0 Å². The van der Waals surface area contributed by atoms with E-state index in [9.17, 15) is 9.59 Å². The molecule has 0 atom stereocenters. The smallest absolute Gasteiger partial charge is 0.350 e. The summed E-state index contributed by atoms with van der Waals surface area (Å²) in [6.07, 6.45) is 4.42. The summed E-state index contributed by atoms with van der Waals surface area (Å²) in [5.41, 5.74) is 11.4. The minimum Gasteiger partial charge on any atom is -0.465 e. The van der Waals surface area contributed by atoms with E-state index >= 15 is 0 Å². The molecule has 0 aromatic carbocycles. The minimum atomic E-state index is -0.648. The number of amides is 1. The molecule has 112 valence electrons. The van der Waals surface area contributed by atoms with Crippen molar-refractivity contribution in [2.24, 2.45) is 5.73 Å². The number of methoxy groups -OCH3 is 1. The molecule has 0 saturated heterocycles. The summed E-state index contributed by atoms with van der Waals surface area (Å²) in [5, 5.41) is 3.66. The van der Waals surface area contributed by atoms with Crippen molar-refractivity contribution in [3.63, 3.8) is 0 Å². The third-order valence-electron chi connectivity index (χ3n) is 2.88. The lowest BCUT2D eigenvalue weighted by atomic mass is 10.2. The van der Waals surface area contributed by atoms with Crippen molar-refractivity contribution in [2.45, 2.75) is 32.6 Å². The molecule has 6 nitrogen and oxygen atoms in total. The lowest BCUT2D eigenvalue weighted by molar-refractivity contribution is 0.0607. The van der Waals surface area contributed by atoms with Gasteiger partial charge in [0.2, 0.25) is 0 Å². The van der Waals surface area contributed by atoms with Crippen LogP contribution in [0, 0.1) is 0 Å². The summed E-state index contributed by atoms with van der Waals surface area (Å²) in [6.45, 7) is 2.85. The summed E-state index contributed by atoms with van der Waals surface area (Å²) in [6, 6.07) is 0. The van der Waals surface area contributed by atoms with Crippen molar-refractivity contribution in [1.29, 1.82) is 0 Å². The number of carbonyl (C=O) groups is 2. The number of primary amides is 1. The maximum atomic E-state index is 11.6. The minimum absolute atomic E-state index is 0.0883. The SMILES string of the molecule is CCCCCCNc1sc(C(=O)OC)c(N)c1C(N)=O. The van der Waals surface area contributed by atoms with E-state index in [-0.39, 0.29) is 16.1 Å². The highest BCUT2D eigenvalue weighted by molar-refractivity contribution is 7.19. The average molecular weight is 299 g/mol. The van der Waals surface area contributed by atoms with E-state index in [0.717, 1.165) is 30.6 Å². The number of thiophene rings is 1. The highest BCUT2D eigenvalue weighted by atomic mass is 32.1. The van der Waals surface area contributed by atoms with Crippen LogP contribution in [0.2, 0.25) is 0 Å². The van der Waals surface area contributed by atoms with Crippen LogP contribution < -0.4 is 16.8 Å². The second-order valence-electron chi connectivity index (χ2n) is 4.39. The van der Waals surface area contributed by atoms with Crippen LogP contribution in [0.1, 0.15) is 52.6 Å². The van der Waals surface area contributed by atoms with Crippen LogP contribution in [0.15, 0.2) is 0 Å². The molecule has 1 rings (SSSR count). The molecule has 0 radical (unpaired) electrons. The van der Waals surface area contributed by atoms with E-state index in [2.05, 4.69) is 17.0 Å². The van der Waals surface area contributed by atoms with Gasteiger partial charge in [0.15, 0.2) is 0 Å². The Balaban J connectivity index is 2.83. The van der Waals surface area contributed by atoms with Gasteiger partial charge in [0.25, 0.3) is 5.91 Å². The Hall–Kier alpha value is -1.76. The molecule has 0 unspecified atom stereocenters. The third-order valence-corrected chi connectivity index (χ3v) is 4.02. The van der Waals surface area contributed by atoms with Crippen LogP contribution in [0.5, 0.6) is 0 Å². The van der Waals surface area contributed by atoms with Crippen LogP contribution in [0.25, 0.3) is 0 Å². The quantitative estimate of drug-likeness (QED) is 0.504. The number of nitrogen functional groups attached to an aromatic ring is 1. The average Bonchev–Trinajstić information content (AvgIpc) is 2.74. The largest absolute Gasteiger partial charge is 0.465 e. The summed E-state index contributed by atoms with van der Waals surface area (Å²) in [7, 11) is 1.27. The zero-order chi connectivity index (χ0) is 15.1. The third kappa shape index (κ3) is 3.86. The van der Waals surface area contributed by atoms with Gasteiger partial charge in [-0.05, 0) is 6.42 Å². The highest BCUT2D eigenvalue weighted by Gasteiger charge is 2.24. The van der Waals surface area contributed by atoms with Crippen molar-refractivity contribution in [3.8, 4) is 0 Å². The Morgan fingerprint density at radius 3 is 2.55 bits per heavy atom. The van der Waals surface area contributed by atoms with Crippen LogP contribution in [0.3, 0.4) is 0 Å². The van der Waals surface area contributed by atoms with E-state index in [1.165, 1.54) is 13.5 Å². The number of carbonyl (C=O) groups excluding carboxylic acids is 2. The summed E-state index contributed by atoms with van der Waals surface area (Å²) in [5.74, 6) is -1.21. The van der Waals surface area contributed by atoms with Crippen LogP contribution in [0.4, 0.5) is 10.7 Å². The normalized spacial score (nSPS) is 10.3. The van der Waals surface area contributed by atoms with Gasteiger partial charge in [-0.2, -0.15) is 0 Å². The van der Waals surface area contributed by atoms with Crippen LogP contribution in [-0.2, 0) is 4.74 Å². The van der Waals surface area contributed by atoms with Gasteiger partial charge in [0.1, 0.15) is 9.88 Å². The van der Waals surface area contributed by atoms with E-state index in [4.69, 9.17) is 11.5 Å². The number of unbranched alkanes of at least 4 members (excludes halogenated alkanes) is 3. The van der Waals surface area contributed by atoms with Gasteiger partial charge in [-0.1, -0.05) is 26.2 Å². The van der Waals surface area contributed by atoms with E-state index in [1.54, 1.807) is 0 Å². The molecule has 20 heavy (non-hydrogen) atoms. The molecule has 1 heterocycles. The standard InChI is InChI=1S/C13H21N3O3S/c1-3-4-5-6-7-16-12-8(11(15)17)9(14)10(20-12)13(18)19-2/h16H,3-7,14H2,1-2H3,(H2,15,17). The number of esters is 1. The fraction of sp³-hybridized carbons (Fsp3) is 0.538. The first-order valence-corrected chi connectivity index (χ1v) is 7.38. The number of nitrogens with one attached hydrogen (secondary N) is 1. The monoisotopic (exact) mass is 299 g/mol. The van der Waals surface area contributed by atoms with Crippen molar-refractivity contribution >= 4 is 33.9 Å². The van der Waals surface area contributed by atoms with E-state index < -0.39 is 11.9 Å². The number of nitrogens with two attached hydrogens (primary N) is 2. The zero-order valence-electron chi connectivity index (χ0n) is 11.8. The molecular weight excluding hydrogens is 278 g/mol. The van der Waals surface area contributed by atoms with Gasteiger partial charge in [0, 0.05) is 6.54 Å². The lowest BCUT2D eigenvalue weighted by Crippen LogP contribution is -2.15. The predicted molar refractivity (Wildman–Crippen MR) is 81.2 cm³/mol. The molecule has 0 aliphatic heterocycles. The van der Waals surface area contributed by atoms with Gasteiger partial charge < -0.3 is 21.5 Å². The maximum Gasteiger partial charge on any atom is 0.350 e. The second kappa shape index (κ2) is 7.74. The molecule has 0 aliphatic carbocycles. The first kappa shape index (κ1) is 16.3. The van der Waals surface area contributed by atoms with Crippen molar-refractivity contribution in [1.82, 2.24) is 0 Å². The number of hydrogen-bond donors (Lipinski definition) is 3. The van der Waals surface area contributed by atoms with Gasteiger partial charge in [0.05, 0.1) is 18.4 Å². The molecule has 0 aliphatic rings. The number of rotatable bonds is 8. The summed E-state index contributed by atoms with van der Waals surface area (Å²) in [4.78, 5) is 23.2.